The van der Waals surface area contributed by atoms with Gasteiger partial charge in [0.15, 0.2) is 0 Å². The molecular formula is C19H27N3OS. The monoisotopic (exact) mass is 345 g/mol. The molecule has 3 rings (SSSR count). The molecule has 1 fully saturated rings. The summed E-state index contributed by atoms with van der Waals surface area (Å²) in [6, 6.07) is 8.24. The lowest BCUT2D eigenvalue weighted by atomic mass is 9.96. The maximum absolute atomic E-state index is 12.4. The van der Waals surface area contributed by atoms with Gasteiger partial charge in [-0.3, -0.25) is 4.79 Å². The molecule has 1 aromatic carbocycles. The Labute approximate surface area is 148 Å². The molecule has 1 aromatic heterocycles. The Bertz CT molecular complexity index is 628. The molecule has 24 heavy (non-hydrogen) atoms. The van der Waals surface area contributed by atoms with Crippen LogP contribution in [-0.4, -0.2) is 42.0 Å². The molecule has 2 aromatic rings. The number of hydrogen-bond acceptors (Lipinski definition) is 4. The van der Waals surface area contributed by atoms with Crippen molar-refractivity contribution in [1.29, 1.82) is 0 Å². The molecule has 0 radical (unpaired) electrons. The highest BCUT2D eigenvalue weighted by molar-refractivity contribution is 7.18. The Morgan fingerprint density at radius 2 is 2.12 bits per heavy atom. The third-order valence-electron chi connectivity index (χ3n) is 4.77. The fourth-order valence-corrected chi connectivity index (χ4v) is 4.32. The van der Waals surface area contributed by atoms with Gasteiger partial charge >= 0.3 is 0 Å². The van der Waals surface area contributed by atoms with Crippen molar-refractivity contribution in [2.24, 2.45) is 5.92 Å². The standard InChI is InChI=1S/C19H27N3OS/c1-2-20-14-15-10-12-22(13-11-15)19(23)9-5-8-18-21-16-6-3-4-7-17(16)24-18/h3-4,6-7,15,20H,2,5,8-14H2,1H3. The number of carbonyl (C=O) groups is 1. The van der Waals surface area contributed by atoms with Gasteiger partial charge in [-0.15, -0.1) is 11.3 Å². The third kappa shape index (κ3) is 4.54. The Balaban J connectivity index is 1.40. The molecule has 2 heterocycles. The van der Waals surface area contributed by atoms with Gasteiger partial charge < -0.3 is 10.2 Å². The Morgan fingerprint density at radius 3 is 2.88 bits per heavy atom. The molecule has 1 N–H and O–H groups in total. The number of nitrogens with one attached hydrogen (secondary N) is 1. The number of piperidine rings is 1. The maximum atomic E-state index is 12.4. The van der Waals surface area contributed by atoms with Gasteiger partial charge in [0, 0.05) is 19.5 Å². The van der Waals surface area contributed by atoms with Crippen LogP contribution >= 0.6 is 11.3 Å². The lowest BCUT2D eigenvalue weighted by Crippen LogP contribution is -2.40. The summed E-state index contributed by atoms with van der Waals surface area (Å²) in [6.07, 6.45) is 4.72. The van der Waals surface area contributed by atoms with Gasteiger partial charge in [0.1, 0.15) is 0 Å². The highest BCUT2D eigenvalue weighted by Gasteiger charge is 2.22. The lowest BCUT2D eigenvalue weighted by Gasteiger charge is -2.32. The minimum Gasteiger partial charge on any atom is -0.343 e. The summed E-state index contributed by atoms with van der Waals surface area (Å²) in [5.74, 6) is 1.05. The lowest BCUT2D eigenvalue weighted by molar-refractivity contribution is -0.132. The number of thiazole rings is 1. The number of carbonyl (C=O) groups excluding carboxylic acids is 1. The predicted molar refractivity (Wildman–Crippen MR) is 100 cm³/mol. The van der Waals surface area contributed by atoms with Gasteiger partial charge in [-0.25, -0.2) is 4.98 Å². The van der Waals surface area contributed by atoms with Crippen LogP contribution in [0, 0.1) is 5.92 Å². The second-order valence-corrected chi connectivity index (χ2v) is 7.68. The van der Waals surface area contributed by atoms with Crippen molar-refractivity contribution >= 4 is 27.5 Å². The molecule has 4 nitrogen and oxygen atoms in total. The molecule has 1 aliphatic rings. The zero-order valence-corrected chi connectivity index (χ0v) is 15.3. The number of hydrogen-bond donors (Lipinski definition) is 1. The fraction of sp³-hybridized carbons (Fsp3) is 0.579. The van der Waals surface area contributed by atoms with Crippen molar-refractivity contribution in [3.8, 4) is 0 Å². The number of aromatic nitrogens is 1. The molecule has 0 spiro atoms. The number of nitrogens with zero attached hydrogens (tertiary/aromatic N) is 2. The Hall–Kier alpha value is -1.46. The summed E-state index contributed by atoms with van der Waals surface area (Å²) in [5.41, 5.74) is 1.08. The van der Waals surface area contributed by atoms with E-state index >= 15 is 0 Å². The number of likely N-dealkylation sites (tertiary alicyclic amines) is 1. The topological polar surface area (TPSA) is 45.2 Å². The van der Waals surface area contributed by atoms with E-state index in [0.29, 0.717) is 12.3 Å². The second-order valence-electron chi connectivity index (χ2n) is 6.56. The zero-order valence-electron chi connectivity index (χ0n) is 14.5. The van der Waals surface area contributed by atoms with Crippen LogP contribution in [0.25, 0.3) is 10.2 Å². The average molecular weight is 346 g/mol. The zero-order chi connectivity index (χ0) is 16.8. The maximum Gasteiger partial charge on any atom is 0.222 e. The van der Waals surface area contributed by atoms with E-state index in [2.05, 4.69) is 34.3 Å². The van der Waals surface area contributed by atoms with E-state index in [1.54, 1.807) is 11.3 Å². The summed E-state index contributed by atoms with van der Waals surface area (Å²) in [6.45, 7) is 6.12. The molecule has 0 atom stereocenters. The van der Waals surface area contributed by atoms with Crippen LogP contribution in [0.5, 0.6) is 0 Å². The molecule has 0 aliphatic carbocycles. The van der Waals surface area contributed by atoms with Gasteiger partial charge in [-0.1, -0.05) is 19.1 Å². The highest BCUT2D eigenvalue weighted by atomic mass is 32.1. The number of amides is 1. The predicted octanol–water partition coefficient (Wildman–Crippen LogP) is 3.47. The molecule has 130 valence electrons. The normalized spacial score (nSPS) is 16.0. The van der Waals surface area contributed by atoms with Crippen molar-refractivity contribution in [2.45, 2.75) is 39.0 Å². The van der Waals surface area contributed by atoms with Gasteiger partial charge in [0.25, 0.3) is 0 Å². The van der Waals surface area contributed by atoms with Gasteiger partial charge in [0.05, 0.1) is 15.2 Å². The highest BCUT2D eigenvalue weighted by Crippen LogP contribution is 2.23. The van der Waals surface area contributed by atoms with Crippen molar-refractivity contribution in [3.05, 3.63) is 29.3 Å². The first-order valence-corrected chi connectivity index (χ1v) is 9.91. The van der Waals surface area contributed by atoms with Gasteiger partial charge in [-0.05, 0) is 56.8 Å². The van der Waals surface area contributed by atoms with Gasteiger partial charge in [-0.2, -0.15) is 0 Å². The van der Waals surface area contributed by atoms with Crippen LogP contribution in [0.4, 0.5) is 0 Å². The Kier molecular flexibility index (Phi) is 6.21. The van der Waals surface area contributed by atoms with Crippen LogP contribution in [0.1, 0.15) is 37.6 Å². The fourth-order valence-electron chi connectivity index (χ4n) is 3.31. The minimum atomic E-state index is 0.318. The Morgan fingerprint density at radius 1 is 1.33 bits per heavy atom. The number of aryl methyl sites for hydroxylation is 1. The van der Waals surface area contributed by atoms with Crippen molar-refractivity contribution in [3.63, 3.8) is 0 Å². The van der Waals surface area contributed by atoms with E-state index in [4.69, 9.17) is 0 Å². The van der Waals surface area contributed by atoms with E-state index in [9.17, 15) is 4.79 Å². The molecule has 1 amide bonds. The first kappa shape index (κ1) is 17.4. The summed E-state index contributed by atoms with van der Waals surface area (Å²) in [5, 5.41) is 4.56. The molecule has 5 heteroatoms. The van der Waals surface area contributed by atoms with E-state index < -0.39 is 0 Å². The van der Waals surface area contributed by atoms with Crippen LogP contribution in [0.3, 0.4) is 0 Å². The SMILES string of the molecule is CCNCC1CCN(C(=O)CCCc2nc3ccccc3s2)CC1. The van der Waals surface area contributed by atoms with Crippen molar-refractivity contribution in [1.82, 2.24) is 15.2 Å². The van der Waals surface area contributed by atoms with Crippen molar-refractivity contribution in [2.75, 3.05) is 26.2 Å². The first-order chi connectivity index (χ1) is 11.8. The van der Waals surface area contributed by atoms with E-state index in [0.717, 1.165) is 68.3 Å². The quantitative estimate of drug-likeness (QED) is 0.836. The average Bonchev–Trinajstić information content (AvgIpc) is 3.03. The van der Waals surface area contributed by atoms with E-state index in [1.165, 1.54) is 4.70 Å². The molecule has 0 bridgehead atoms. The van der Waals surface area contributed by atoms with E-state index in [1.807, 2.05) is 12.1 Å². The van der Waals surface area contributed by atoms with Crippen molar-refractivity contribution < 1.29 is 4.79 Å². The third-order valence-corrected chi connectivity index (χ3v) is 5.87. The van der Waals surface area contributed by atoms with Crippen LogP contribution < -0.4 is 5.32 Å². The number of rotatable bonds is 7. The first-order valence-electron chi connectivity index (χ1n) is 9.09. The van der Waals surface area contributed by atoms with Crippen LogP contribution in [0.15, 0.2) is 24.3 Å². The van der Waals surface area contributed by atoms with Gasteiger partial charge in [0.2, 0.25) is 5.91 Å². The number of benzene rings is 1. The largest absolute Gasteiger partial charge is 0.343 e. The summed E-state index contributed by atoms with van der Waals surface area (Å²) in [7, 11) is 0. The summed E-state index contributed by atoms with van der Waals surface area (Å²) < 4.78 is 1.24. The minimum absolute atomic E-state index is 0.318. The van der Waals surface area contributed by atoms with Crippen LogP contribution in [-0.2, 0) is 11.2 Å². The van der Waals surface area contributed by atoms with Crippen LogP contribution in [0.2, 0.25) is 0 Å². The summed E-state index contributed by atoms with van der Waals surface area (Å²) >= 11 is 1.75. The molecule has 1 aliphatic heterocycles. The second kappa shape index (κ2) is 8.58. The molecule has 0 unspecified atom stereocenters. The smallest absolute Gasteiger partial charge is 0.222 e. The summed E-state index contributed by atoms with van der Waals surface area (Å²) in [4.78, 5) is 19.1. The molecule has 1 saturated heterocycles. The molecule has 0 saturated carbocycles. The number of para-hydroxylation sites is 1. The number of fused-ring (bicyclic) bond motifs is 1. The molecular weight excluding hydrogens is 318 g/mol. The van der Waals surface area contributed by atoms with E-state index in [-0.39, 0.29) is 0 Å².